The van der Waals surface area contributed by atoms with E-state index < -0.39 is 73.0 Å². The van der Waals surface area contributed by atoms with Gasteiger partial charge < -0.3 is 58.0 Å². The number of ether oxygens (including phenoxy) is 9. The van der Waals surface area contributed by atoms with Crippen LogP contribution in [0.15, 0.2) is 24.3 Å². The summed E-state index contributed by atoms with van der Waals surface area (Å²) in [6.45, 7) is 1.71. The van der Waals surface area contributed by atoms with Gasteiger partial charge in [-0.1, -0.05) is 0 Å². The summed E-state index contributed by atoms with van der Waals surface area (Å²) in [5, 5.41) is 52.9. The number of fused-ring (bicyclic) bond motifs is 4. The molecular formula is C30H34O15. The average molecular weight is 635 g/mol. The summed E-state index contributed by atoms with van der Waals surface area (Å²) < 4.78 is 50.5. The van der Waals surface area contributed by atoms with Crippen molar-refractivity contribution in [3.8, 4) is 28.7 Å². The number of aromatic hydroxyl groups is 1. The Balaban J connectivity index is 1.34. The SMILES string of the molecule is COc1cc(C2c3cc4c(cc3C(OC3OC5COC(C)OC5C(O)C3O)C3COC(=O)CC23)OC(O)(O)O4)cc(OC)c1O. The Bertz CT molecular complexity index is 1450. The lowest BCUT2D eigenvalue weighted by atomic mass is 9.63. The number of hydrogen-bond donors (Lipinski definition) is 5. The van der Waals surface area contributed by atoms with Gasteiger partial charge in [-0.25, -0.2) is 0 Å². The number of aliphatic hydroxyl groups is 4. The lowest BCUT2D eigenvalue weighted by Gasteiger charge is -2.49. The minimum atomic E-state index is -2.92. The van der Waals surface area contributed by atoms with E-state index in [1.54, 1.807) is 25.1 Å². The van der Waals surface area contributed by atoms with E-state index in [1.807, 2.05) is 0 Å². The summed E-state index contributed by atoms with van der Waals surface area (Å²) >= 11 is 0. The van der Waals surface area contributed by atoms with Gasteiger partial charge in [-0.2, -0.15) is 0 Å². The zero-order valence-corrected chi connectivity index (χ0v) is 24.5. The fourth-order valence-electron chi connectivity index (χ4n) is 7.08. The Hall–Kier alpha value is -3.41. The van der Waals surface area contributed by atoms with Crippen LogP contribution in [0, 0.1) is 11.8 Å². The standard InChI is InChI=1S/C30H34O15/c1-11-39-10-21-28(41-11)25(33)26(34)29(42-21)43-27-15-7-18-17(44-30(35,36)45-18)6-13(15)23(14-8-22(31)40-9-16(14)27)12-4-19(37-2)24(32)20(5-12)38-3/h4-7,11,14,16,21,23,25-29,32-36H,8-10H2,1-3H3. The van der Waals surface area contributed by atoms with Crippen molar-refractivity contribution in [3.63, 3.8) is 0 Å². The molecule has 3 fully saturated rings. The molecule has 0 radical (unpaired) electrons. The van der Waals surface area contributed by atoms with Crippen LogP contribution < -0.4 is 18.9 Å². The smallest absolute Gasteiger partial charge is 0.502 e. The van der Waals surface area contributed by atoms with Crippen molar-refractivity contribution in [3.05, 3.63) is 41.0 Å². The van der Waals surface area contributed by atoms with Crippen molar-refractivity contribution in [1.82, 2.24) is 0 Å². The van der Waals surface area contributed by atoms with Crippen LogP contribution in [-0.4, -0.2) is 102 Å². The number of carbonyl (C=O) groups is 1. The Labute approximate surface area is 256 Å². The molecule has 244 valence electrons. The predicted molar refractivity (Wildman–Crippen MR) is 145 cm³/mol. The third-order valence-electron chi connectivity index (χ3n) is 9.11. The van der Waals surface area contributed by atoms with Crippen LogP contribution in [0.3, 0.4) is 0 Å². The second kappa shape index (κ2) is 11.1. The number of cyclic esters (lactones) is 1. The van der Waals surface area contributed by atoms with Crippen molar-refractivity contribution < 1.29 is 73.0 Å². The van der Waals surface area contributed by atoms with Gasteiger partial charge in [-0.05, 0) is 53.8 Å². The molecule has 1 aliphatic carbocycles. The molecule has 15 heteroatoms. The van der Waals surface area contributed by atoms with Crippen LogP contribution in [0.4, 0.5) is 0 Å². The Morgan fingerprint density at radius 2 is 1.56 bits per heavy atom. The number of carbonyl (C=O) groups excluding carboxylic acids is 1. The number of phenols is 1. The van der Waals surface area contributed by atoms with Crippen LogP contribution in [0.25, 0.3) is 0 Å². The molecule has 10 unspecified atom stereocenters. The van der Waals surface area contributed by atoms with E-state index in [1.165, 1.54) is 20.3 Å². The number of hydrogen-bond acceptors (Lipinski definition) is 15. The fourth-order valence-corrected chi connectivity index (χ4v) is 7.08. The van der Waals surface area contributed by atoms with Crippen molar-refractivity contribution in [2.45, 2.75) is 68.5 Å². The zero-order chi connectivity index (χ0) is 31.8. The van der Waals surface area contributed by atoms with Crippen molar-refractivity contribution in [1.29, 1.82) is 0 Å². The van der Waals surface area contributed by atoms with Gasteiger partial charge in [0.25, 0.3) is 0 Å². The number of methoxy groups -OCH3 is 2. The first kappa shape index (κ1) is 30.3. The van der Waals surface area contributed by atoms with Gasteiger partial charge in [0.15, 0.2) is 35.6 Å². The molecule has 2 aromatic carbocycles. The third-order valence-corrected chi connectivity index (χ3v) is 9.11. The number of esters is 1. The maximum absolute atomic E-state index is 12.8. The van der Waals surface area contributed by atoms with Crippen molar-refractivity contribution >= 4 is 5.97 Å². The topological polar surface area (TPSA) is 201 Å². The average Bonchev–Trinajstić information content (AvgIpc) is 3.31. The lowest BCUT2D eigenvalue weighted by molar-refractivity contribution is -0.385. The first-order valence-electron chi connectivity index (χ1n) is 14.5. The molecule has 5 aliphatic rings. The van der Waals surface area contributed by atoms with E-state index in [9.17, 15) is 30.3 Å². The molecular weight excluding hydrogens is 600 g/mol. The summed E-state index contributed by atoms with van der Waals surface area (Å²) in [6, 6.07) is 6.36. The highest BCUT2D eigenvalue weighted by Crippen LogP contribution is 2.57. The molecule has 0 bridgehead atoms. The second-order valence-corrected chi connectivity index (χ2v) is 11.7. The normalized spacial score (nSPS) is 36.3. The van der Waals surface area contributed by atoms with Gasteiger partial charge in [0.05, 0.1) is 33.5 Å². The van der Waals surface area contributed by atoms with Crippen LogP contribution in [0.1, 0.15) is 42.1 Å². The van der Waals surface area contributed by atoms with Gasteiger partial charge in [0.1, 0.15) is 24.4 Å². The summed E-state index contributed by atoms with van der Waals surface area (Å²) in [7, 11) is 2.80. The first-order chi connectivity index (χ1) is 21.5. The quantitative estimate of drug-likeness (QED) is 0.223. The molecule has 15 nitrogen and oxygen atoms in total. The van der Waals surface area contributed by atoms with Gasteiger partial charge in [0.2, 0.25) is 5.75 Å². The number of aliphatic hydroxyl groups excluding tert-OH is 2. The molecule has 2 aromatic rings. The molecule has 3 saturated heterocycles. The van der Waals surface area contributed by atoms with Crippen LogP contribution in [-0.2, 0) is 28.5 Å². The van der Waals surface area contributed by atoms with E-state index in [0.717, 1.165) is 0 Å². The second-order valence-electron chi connectivity index (χ2n) is 11.7. The van der Waals surface area contributed by atoms with E-state index in [4.69, 9.17) is 42.6 Å². The summed E-state index contributed by atoms with van der Waals surface area (Å²) in [6.07, 6.45) is -10.2. The highest BCUT2D eigenvalue weighted by Gasteiger charge is 2.54. The molecule has 4 aliphatic heterocycles. The molecule has 45 heavy (non-hydrogen) atoms. The molecule has 0 amide bonds. The molecule has 4 heterocycles. The zero-order valence-electron chi connectivity index (χ0n) is 24.5. The number of phenolic OH excluding ortho intramolecular Hbond substituents is 1. The number of rotatable bonds is 5. The van der Waals surface area contributed by atoms with Crippen molar-refractivity contribution in [2.75, 3.05) is 27.4 Å². The first-order valence-corrected chi connectivity index (χ1v) is 14.5. The van der Waals surface area contributed by atoms with Gasteiger partial charge in [-0.3, -0.25) is 15.0 Å². The Kier molecular flexibility index (Phi) is 7.49. The number of benzene rings is 2. The molecule has 0 spiro atoms. The van der Waals surface area contributed by atoms with Crippen molar-refractivity contribution in [2.24, 2.45) is 11.8 Å². The lowest BCUT2D eigenvalue weighted by Crippen LogP contribution is -2.63. The van der Waals surface area contributed by atoms with Crippen LogP contribution in [0.5, 0.6) is 28.7 Å². The third kappa shape index (κ3) is 5.13. The van der Waals surface area contributed by atoms with Crippen LogP contribution >= 0.6 is 0 Å². The van der Waals surface area contributed by atoms with E-state index in [-0.39, 0.29) is 48.4 Å². The predicted octanol–water partition coefficient (Wildman–Crippen LogP) is 0.367. The fraction of sp³-hybridized carbons (Fsp3) is 0.567. The molecule has 5 N–H and O–H groups in total. The summed E-state index contributed by atoms with van der Waals surface area (Å²) in [5.41, 5.74) is 1.66. The van der Waals surface area contributed by atoms with Gasteiger partial charge in [0, 0.05) is 18.3 Å². The monoisotopic (exact) mass is 634 g/mol. The Morgan fingerprint density at radius 3 is 2.22 bits per heavy atom. The Morgan fingerprint density at radius 1 is 0.889 bits per heavy atom. The minimum Gasteiger partial charge on any atom is -0.502 e. The maximum atomic E-state index is 12.8. The minimum absolute atomic E-state index is 0.00602. The van der Waals surface area contributed by atoms with E-state index >= 15 is 0 Å². The largest absolute Gasteiger partial charge is 0.505 e. The van der Waals surface area contributed by atoms with Gasteiger partial charge in [-0.15, -0.1) is 0 Å². The molecule has 0 saturated carbocycles. The van der Waals surface area contributed by atoms with E-state index in [0.29, 0.717) is 16.7 Å². The van der Waals surface area contributed by atoms with Crippen LogP contribution in [0.2, 0.25) is 0 Å². The van der Waals surface area contributed by atoms with E-state index in [2.05, 4.69) is 0 Å². The molecule has 0 aromatic heterocycles. The molecule has 7 rings (SSSR count). The summed E-state index contributed by atoms with van der Waals surface area (Å²) in [4.78, 5) is 12.8. The highest BCUT2D eigenvalue weighted by atomic mass is 17.0. The highest BCUT2D eigenvalue weighted by molar-refractivity contribution is 5.71. The summed E-state index contributed by atoms with van der Waals surface area (Å²) in [5.74, 6) is -1.92. The van der Waals surface area contributed by atoms with Gasteiger partial charge >= 0.3 is 12.1 Å². The maximum Gasteiger partial charge on any atom is 0.505 e. The molecule has 10 atom stereocenters.